The fourth-order valence-electron chi connectivity index (χ4n) is 4.95. The Balaban J connectivity index is 1.20. The van der Waals surface area contributed by atoms with Gasteiger partial charge in [-0.3, -0.25) is 9.80 Å². The highest BCUT2D eigenvalue weighted by molar-refractivity contribution is 5.33. The van der Waals surface area contributed by atoms with Crippen LogP contribution in [0.15, 0.2) is 24.3 Å². The SMILES string of the molecule is OC1C[C@@H]2CN(Cc3ccccc3OCCCCN3CCOCC3)C[C@@H]2C1. The largest absolute Gasteiger partial charge is 0.493 e. The lowest BCUT2D eigenvalue weighted by Gasteiger charge is -2.26. The molecule has 2 aliphatic heterocycles. The van der Waals surface area contributed by atoms with E-state index in [-0.39, 0.29) is 6.10 Å². The van der Waals surface area contributed by atoms with Gasteiger partial charge < -0.3 is 14.6 Å². The van der Waals surface area contributed by atoms with Crippen LogP contribution in [0.2, 0.25) is 0 Å². The third-order valence-corrected chi connectivity index (χ3v) is 6.40. The number of hydrogen-bond acceptors (Lipinski definition) is 5. The summed E-state index contributed by atoms with van der Waals surface area (Å²) >= 11 is 0. The summed E-state index contributed by atoms with van der Waals surface area (Å²) in [5.74, 6) is 2.42. The highest BCUT2D eigenvalue weighted by Crippen LogP contribution is 2.38. The van der Waals surface area contributed by atoms with Crippen molar-refractivity contribution in [3.05, 3.63) is 29.8 Å². The molecule has 1 aromatic rings. The molecule has 0 amide bonds. The zero-order chi connectivity index (χ0) is 18.5. The molecule has 5 nitrogen and oxygen atoms in total. The number of fused-ring (bicyclic) bond motifs is 1. The number of aliphatic hydroxyl groups excluding tert-OH is 1. The van der Waals surface area contributed by atoms with Gasteiger partial charge in [0.2, 0.25) is 0 Å². The molecule has 0 radical (unpaired) electrons. The van der Waals surface area contributed by atoms with E-state index < -0.39 is 0 Å². The Morgan fingerprint density at radius 1 is 1.00 bits per heavy atom. The van der Waals surface area contributed by atoms with Gasteiger partial charge in [-0.1, -0.05) is 18.2 Å². The molecule has 3 atom stereocenters. The Morgan fingerprint density at radius 3 is 2.52 bits per heavy atom. The number of aliphatic hydroxyl groups is 1. The fourth-order valence-corrected chi connectivity index (χ4v) is 4.95. The van der Waals surface area contributed by atoms with Crippen molar-refractivity contribution in [2.75, 3.05) is 52.5 Å². The van der Waals surface area contributed by atoms with Crippen molar-refractivity contribution < 1.29 is 14.6 Å². The standard InChI is InChI=1S/C22H34N2O3/c25-21-13-19-16-24(17-20(19)14-21)15-18-5-1-2-6-22(18)27-10-4-3-7-23-8-11-26-12-9-23/h1-2,5-6,19-21,25H,3-4,7-17H2/t19-,20+,21?. The Bertz CT molecular complexity index is 577. The summed E-state index contributed by atoms with van der Waals surface area (Å²) in [6.07, 6.45) is 4.19. The summed E-state index contributed by atoms with van der Waals surface area (Å²) in [5.41, 5.74) is 1.30. The number of ether oxygens (including phenoxy) is 2. The molecule has 1 N–H and O–H groups in total. The van der Waals surface area contributed by atoms with Crippen LogP contribution < -0.4 is 4.74 Å². The normalized spacial score (nSPS) is 29.1. The number of rotatable bonds is 8. The molecule has 150 valence electrons. The van der Waals surface area contributed by atoms with Crippen LogP contribution in [-0.2, 0) is 11.3 Å². The first kappa shape index (κ1) is 19.2. The lowest BCUT2D eigenvalue weighted by molar-refractivity contribution is 0.0368. The maximum atomic E-state index is 9.83. The molecule has 3 aliphatic rings. The molecular weight excluding hydrogens is 340 g/mol. The van der Waals surface area contributed by atoms with Crippen molar-refractivity contribution in [1.82, 2.24) is 9.80 Å². The van der Waals surface area contributed by atoms with Gasteiger partial charge in [-0.25, -0.2) is 0 Å². The lowest BCUT2D eigenvalue weighted by Crippen LogP contribution is -2.36. The summed E-state index contributed by atoms with van der Waals surface area (Å²) in [5, 5.41) is 9.83. The second-order valence-corrected chi connectivity index (χ2v) is 8.46. The molecule has 1 saturated carbocycles. The van der Waals surface area contributed by atoms with Crippen LogP contribution in [0.5, 0.6) is 5.75 Å². The van der Waals surface area contributed by atoms with Crippen molar-refractivity contribution >= 4 is 0 Å². The van der Waals surface area contributed by atoms with E-state index in [0.29, 0.717) is 11.8 Å². The molecule has 1 aliphatic carbocycles. The number of unbranched alkanes of at least 4 members (excludes halogenated alkanes) is 1. The van der Waals surface area contributed by atoms with Gasteiger partial charge in [0.15, 0.2) is 0 Å². The molecule has 4 rings (SSSR count). The van der Waals surface area contributed by atoms with E-state index in [4.69, 9.17) is 9.47 Å². The van der Waals surface area contributed by atoms with Crippen LogP contribution in [0.3, 0.4) is 0 Å². The highest BCUT2D eigenvalue weighted by atomic mass is 16.5. The minimum absolute atomic E-state index is 0.0600. The first-order chi connectivity index (χ1) is 13.3. The van der Waals surface area contributed by atoms with Gasteiger partial charge in [0.1, 0.15) is 5.75 Å². The van der Waals surface area contributed by atoms with Crippen LogP contribution in [0, 0.1) is 11.8 Å². The van der Waals surface area contributed by atoms with E-state index in [1.54, 1.807) is 0 Å². The summed E-state index contributed by atoms with van der Waals surface area (Å²) in [6, 6.07) is 8.49. The van der Waals surface area contributed by atoms with Crippen molar-refractivity contribution in [2.45, 2.75) is 38.3 Å². The van der Waals surface area contributed by atoms with E-state index in [0.717, 1.165) is 84.1 Å². The van der Waals surface area contributed by atoms with E-state index in [1.165, 1.54) is 12.0 Å². The quantitative estimate of drug-likeness (QED) is 0.708. The molecule has 2 heterocycles. The Hall–Kier alpha value is -1.14. The predicted octanol–water partition coefficient (Wildman–Crippen LogP) is 2.38. The highest BCUT2D eigenvalue weighted by Gasteiger charge is 2.40. The zero-order valence-electron chi connectivity index (χ0n) is 16.4. The van der Waals surface area contributed by atoms with Crippen molar-refractivity contribution in [3.8, 4) is 5.75 Å². The second-order valence-electron chi connectivity index (χ2n) is 8.46. The van der Waals surface area contributed by atoms with E-state index in [1.807, 2.05) is 0 Å². The van der Waals surface area contributed by atoms with Crippen LogP contribution >= 0.6 is 0 Å². The summed E-state index contributed by atoms with van der Waals surface area (Å²) in [6.45, 7) is 9.03. The average molecular weight is 375 g/mol. The number of nitrogens with zero attached hydrogens (tertiary/aromatic N) is 2. The molecule has 0 aromatic heterocycles. The smallest absolute Gasteiger partial charge is 0.123 e. The fraction of sp³-hybridized carbons (Fsp3) is 0.727. The Morgan fingerprint density at radius 2 is 1.74 bits per heavy atom. The van der Waals surface area contributed by atoms with E-state index in [2.05, 4.69) is 34.1 Å². The van der Waals surface area contributed by atoms with Crippen molar-refractivity contribution in [3.63, 3.8) is 0 Å². The van der Waals surface area contributed by atoms with Gasteiger partial charge in [0.25, 0.3) is 0 Å². The minimum Gasteiger partial charge on any atom is -0.493 e. The van der Waals surface area contributed by atoms with Crippen LogP contribution in [0.4, 0.5) is 0 Å². The van der Waals surface area contributed by atoms with E-state index in [9.17, 15) is 5.11 Å². The molecule has 3 fully saturated rings. The number of para-hydroxylation sites is 1. The van der Waals surface area contributed by atoms with Crippen LogP contribution in [0.1, 0.15) is 31.2 Å². The van der Waals surface area contributed by atoms with Crippen LogP contribution in [-0.4, -0.2) is 73.6 Å². The molecule has 0 spiro atoms. The number of likely N-dealkylation sites (tertiary alicyclic amines) is 1. The summed E-state index contributed by atoms with van der Waals surface area (Å²) in [7, 11) is 0. The van der Waals surface area contributed by atoms with Gasteiger partial charge in [-0.15, -0.1) is 0 Å². The summed E-state index contributed by atoms with van der Waals surface area (Å²) in [4.78, 5) is 5.03. The van der Waals surface area contributed by atoms with Gasteiger partial charge in [-0.05, 0) is 50.1 Å². The van der Waals surface area contributed by atoms with Gasteiger partial charge in [0.05, 0.1) is 25.9 Å². The third kappa shape index (κ3) is 5.23. The number of benzene rings is 1. The lowest BCUT2D eigenvalue weighted by atomic mass is 10.0. The Kier molecular flexibility index (Phi) is 6.66. The van der Waals surface area contributed by atoms with E-state index >= 15 is 0 Å². The molecule has 0 bridgehead atoms. The van der Waals surface area contributed by atoms with Crippen molar-refractivity contribution in [1.29, 1.82) is 0 Å². The molecular formula is C22H34N2O3. The third-order valence-electron chi connectivity index (χ3n) is 6.40. The molecule has 5 heteroatoms. The second kappa shape index (κ2) is 9.37. The average Bonchev–Trinajstić information content (AvgIpc) is 3.20. The maximum Gasteiger partial charge on any atom is 0.123 e. The van der Waals surface area contributed by atoms with Crippen LogP contribution in [0.25, 0.3) is 0 Å². The minimum atomic E-state index is -0.0600. The van der Waals surface area contributed by atoms with Gasteiger partial charge in [0, 0.05) is 38.3 Å². The van der Waals surface area contributed by atoms with Crippen molar-refractivity contribution in [2.24, 2.45) is 11.8 Å². The van der Waals surface area contributed by atoms with Gasteiger partial charge >= 0.3 is 0 Å². The molecule has 1 aromatic carbocycles. The first-order valence-corrected chi connectivity index (χ1v) is 10.7. The van der Waals surface area contributed by atoms with Gasteiger partial charge in [-0.2, -0.15) is 0 Å². The maximum absolute atomic E-state index is 9.83. The Labute approximate surface area is 163 Å². The molecule has 2 saturated heterocycles. The first-order valence-electron chi connectivity index (χ1n) is 10.7. The number of morpholine rings is 1. The number of hydrogen-bond donors (Lipinski definition) is 1. The monoisotopic (exact) mass is 374 g/mol. The predicted molar refractivity (Wildman–Crippen MR) is 106 cm³/mol. The molecule has 27 heavy (non-hydrogen) atoms. The zero-order valence-corrected chi connectivity index (χ0v) is 16.4. The molecule has 1 unspecified atom stereocenters. The topological polar surface area (TPSA) is 45.2 Å². The summed E-state index contributed by atoms with van der Waals surface area (Å²) < 4.78 is 11.5.